The lowest BCUT2D eigenvalue weighted by Gasteiger charge is -2.41. The Morgan fingerprint density at radius 1 is 1.45 bits per heavy atom. The van der Waals surface area contributed by atoms with Gasteiger partial charge in [-0.15, -0.1) is 18.3 Å². The molecule has 3 unspecified atom stereocenters. The van der Waals surface area contributed by atoms with E-state index in [0.29, 0.717) is 13.1 Å². The zero-order chi connectivity index (χ0) is 22.9. The average molecular weight is 453 g/mol. The predicted molar refractivity (Wildman–Crippen MR) is 120 cm³/mol. The lowest BCUT2D eigenvalue weighted by atomic mass is 9.66. The molecule has 0 aliphatic carbocycles. The van der Waals surface area contributed by atoms with Crippen molar-refractivity contribution in [1.29, 1.82) is 0 Å². The first-order chi connectivity index (χ1) is 14.8. The minimum absolute atomic E-state index is 0.0200. The molecule has 3 rings (SSSR count). The Hall–Kier alpha value is -1.54. The monoisotopic (exact) mass is 452 g/mol. The number of esters is 1. The molecule has 7 nitrogen and oxygen atoms in total. The largest absolute Gasteiger partial charge is 0.466 e. The quantitative estimate of drug-likeness (QED) is 0.403. The molecule has 3 heterocycles. The minimum atomic E-state index is -0.701. The fourth-order valence-corrected chi connectivity index (χ4v) is 8.17. The molecule has 0 saturated carbocycles. The van der Waals surface area contributed by atoms with E-state index in [0.717, 1.165) is 19.3 Å². The van der Waals surface area contributed by atoms with Crippen molar-refractivity contribution in [3.8, 4) is 0 Å². The maximum atomic E-state index is 14.0. The standard InChI is InChI=1S/C23H36N2O5S/c1-6-9-11-24(10-7-2)21(28)19-23-14(4)12-16(31-23)17(22(29)30-8-3)18(23)20(27)25(19)15(5)13-26/h7,14-19,26H,2,6,8-13H2,1,3-5H3/t14?,15-,16+,17-,18+,19?,23?/m1/s1. The second kappa shape index (κ2) is 9.53. The third kappa shape index (κ3) is 3.69. The van der Waals surface area contributed by atoms with Crippen LogP contribution in [-0.4, -0.2) is 81.1 Å². The van der Waals surface area contributed by atoms with Crippen molar-refractivity contribution in [3.63, 3.8) is 0 Å². The van der Waals surface area contributed by atoms with Crippen LogP contribution in [-0.2, 0) is 19.1 Å². The molecule has 31 heavy (non-hydrogen) atoms. The number of thioether (sulfide) groups is 1. The van der Waals surface area contributed by atoms with Crippen LogP contribution in [0.3, 0.4) is 0 Å². The molecule has 3 saturated heterocycles. The molecule has 1 spiro atoms. The number of amides is 2. The SMILES string of the molecule is C=CCN(CCCC)C(=O)C1N([C@H](C)CO)C(=O)[C@@H]2[C@H](C(=O)OCC)[C@@H]3CC(C)C12S3. The summed E-state index contributed by atoms with van der Waals surface area (Å²) in [5.74, 6) is -1.68. The first-order valence-electron chi connectivity index (χ1n) is 11.5. The summed E-state index contributed by atoms with van der Waals surface area (Å²) in [6, 6.07) is -1.21. The van der Waals surface area contributed by atoms with Crippen molar-refractivity contribution in [2.75, 3.05) is 26.3 Å². The van der Waals surface area contributed by atoms with Crippen LogP contribution < -0.4 is 0 Å². The second-order valence-corrected chi connectivity index (χ2v) is 10.6. The Morgan fingerprint density at radius 3 is 2.74 bits per heavy atom. The molecule has 2 amide bonds. The lowest BCUT2D eigenvalue weighted by molar-refractivity contribution is -0.154. The van der Waals surface area contributed by atoms with Crippen LogP contribution in [0.1, 0.15) is 47.0 Å². The predicted octanol–water partition coefficient (Wildman–Crippen LogP) is 2.08. The third-order valence-corrected chi connectivity index (χ3v) is 9.23. The minimum Gasteiger partial charge on any atom is -0.466 e. The molecular weight excluding hydrogens is 416 g/mol. The maximum Gasteiger partial charge on any atom is 0.310 e. The van der Waals surface area contributed by atoms with E-state index >= 15 is 0 Å². The number of aliphatic hydroxyl groups is 1. The van der Waals surface area contributed by atoms with Crippen molar-refractivity contribution in [1.82, 2.24) is 9.80 Å². The number of fused-ring (bicyclic) bond motifs is 1. The van der Waals surface area contributed by atoms with Crippen LogP contribution >= 0.6 is 11.8 Å². The summed E-state index contributed by atoms with van der Waals surface area (Å²) in [6.45, 7) is 12.5. The Bertz CT molecular complexity index is 731. The number of carbonyl (C=O) groups excluding carboxylic acids is 3. The van der Waals surface area contributed by atoms with Crippen LogP contribution in [0.15, 0.2) is 12.7 Å². The summed E-state index contributed by atoms with van der Waals surface area (Å²) in [6.07, 6.45) is 4.30. The van der Waals surface area contributed by atoms with E-state index in [2.05, 4.69) is 20.4 Å². The molecule has 0 aromatic carbocycles. The molecule has 2 bridgehead atoms. The molecule has 0 aromatic heterocycles. The van der Waals surface area contributed by atoms with E-state index in [1.165, 1.54) is 0 Å². The highest BCUT2D eigenvalue weighted by atomic mass is 32.2. The molecular formula is C23H36N2O5S. The third-order valence-electron chi connectivity index (χ3n) is 7.16. The van der Waals surface area contributed by atoms with Gasteiger partial charge in [0.05, 0.1) is 35.8 Å². The van der Waals surface area contributed by atoms with Gasteiger partial charge in [0.2, 0.25) is 11.8 Å². The average Bonchev–Trinajstić information content (AvgIpc) is 3.34. The van der Waals surface area contributed by atoms with Gasteiger partial charge in [-0.3, -0.25) is 14.4 Å². The van der Waals surface area contributed by atoms with E-state index in [-0.39, 0.29) is 42.2 Å². The van der Waals surface area contributed by atoms with E-state index in [4.69, 9.17) is 4.74 Å². The topological polar surface area (TPSA) is 87.2 Å². The van der Waals surface area contributed by atoms with Crippen molar-refractivity contribution < 1.29 is 24.2 Å². The van der Waals surface area contributed by atoms with Gasteiger partial charge in [0.25, 0.3) is 0 Å². The number of rotatable bonds is 10. The van der Waals surface area contributed by atoms with Crippen LogP contribution in [0.5, 0.6) is 0 Å². The number of aliphatic hydroxyl groups excluding tert-OH is 1. The van der Waals surface area contributed by atoms with Gasteiger partial charge in [-0.2, -0.15) is 0 Å². The number of ether oxygens (including phenoxy) is 1. The molecule has 0 radical (unpaired) electrons. The van der Waals surface area contributed by atoms with Crippen molar-refractivity contribution in [3.05, 3.63) is 12.7 Å². The van der Waals surface area contributed by atoms with Crippen LogP contribution in [0.4, 0.5) is 0 Å². The van der Waals surface area contributed by atoms with Gasteiger partial charge in [-0.05, 0) is 32.6 Å². The number of hydrogen-bond acceptors (Lipinski definition) is 6. The molecule has 8 heteroatoms. The molecule has 174 valence electrons. The first kappa shape index (κ1) is 24.1. The fourth-order valence-electron chi connectivity index (χ4n) is 5.78. The summed E-state index contributed by atoms with van der Waals surface area (Å²) in [7, 11) is 0. The normalized spacial score (nSPS) is 34.5. The summed E-state index contributed by atoms with van der Waals surface area (Å²) >= 11 is 1.63. The number of nitrogens with zero attached hydrogens (tertiary/aromatic N) is 2. The van der Waals surface area contributed by atoms with E-state index in [1.807, 2.05) is 0 Å². The van der Waals surface area contributed by atoms with Crippen LogP contribution in [0, 0.1) is 17.8 Å². The highest BCUT2D eigenvalue weighted by Gasteiger charge is 2.76. The molecule has 7 atom stereocenters. The Labute approximate surface area is 189 Å². The van der Waals surface area contributed by atoms with Gasteiger partial charge < -0.3 is 19.6 Å². The molecule has 3 aliphatic rings. The van der Waals surface area contributed by atoms with E-state index in [9.17, 15) is 19.5 Å². The Kier molecular flexibility index (Phi) is 7.41. The zero-order valence-corrected chi connectivity index (χ0v) is 19.9. The smallest absolute Gasteiger partial charge is 0.310 e. The number of carbonyl (C=O) groups is 3. The molecule has 0 aromatic rings. The van der Waals surface area contributed by atoms with Gasteiger partial charge in [0.1, 0.15) is 6.04 Å². The van der Waals surface area contributed by atoms with Gasteiger partial charge in [-0.25, -0.2) is 0 Å². The van der Waals surface area contributed by atoms with E-state index < -0.39 is 28.7 Å². The number of unbranched alkanes of at least 4 members (excludes halogenated alkanes) is 1. The summed E-state index contributed by atoms with van der Waals surface area (Å²) in [4.78, 5) is 43.9. The van der Waals surface area contributed by atoms with Crippen LogP contribution in [0.25, 0.3) is 0 Å². The molecule has 1 N–H and O–H groups in total. The number of hydrogen-bond donors (Lipinski definition) is 1. The van der Waals surface area contributed by atoms with Gasteiger partial charge in [-0.1, -0.05) is 26.3 Å². The van der Waals surface area contributed by atoms with Crippen molar-refractivity contribution >= 4 is 29.5 Å². The maximum absolute atomic E-state index is 14.0. The zero-order valence-electron chi connectivity index (χ0n) is 19.1. The summed E-state index contributed by atoms with van der Waals surface area (Å²) in [5.41, 5.74) is 0. The summed E-state index contributed by atoms with van der Waals surface area (Å²) < 4.78 is 4.67. The van der Waals surface area contributed by atoms with Crippen molar-refractivity contribution in [2.45, 2.75) is 69.0 Å². The molecule has 3 aliphatic heterocycles. The van der Waals surface area contributed by atoms with Crippen LogP contribution in [0.2, 0.25) is 0 Å². The highest BCUT2D eigenvalue weighted by molar-refractivity contribution is 8.02. The fraction of sp³-hybridized carbons (Fsp3) is 0.783. The number of likely N-dealkylation sites (tertiary alicyclic amines) is 1. The lowest BCUT2D eigenvalue weighted by Crippen LogP contribution is -2.59. The van der Waals surface area contributed by atoms with E-state index in [1.54, 1.807) is 41.5 Å². The highest BCUT2D eigenvalue weighted by Crippen LogP contribution is 2.69. The first-order valence-corrected chi connectivity index (χ1v) is 12.3. The van der Waals surface area contributed by atoms with Gasteiger partial charge in [0.15, 0.2) is 0 Å². The second-order valence-electron chi connectivity index (χ2n) is 9.01. The Balaban J connectivity index is 2.07. The Morgan fingerprint density at radius 2 is 2.16 bits per heavy atom. The summed E-state index contributed by atoms with van der Waals surface area (Å²) in [5, 5.41) is 9.90. The van der Waals surface area contributed by atoms with Gasteiger partial charge >= 0.3 is 5.97 Å². The van der Waals surface area contributed by atoms with Crippen molar-refractivity contribution in [2.24, 2.45) is 17.8 Å². The molecule has 3 fully saturated rings. The van der Waals surface area contributed by atoms with Gasteiger partial charge in [0, 0.05) is 18.3 Å².